The normalized spacial score (nSPS) is 10.7. The lowest BCUT2D eigenvalue weighted by molar-refractivity contribution is -0.0528. The number of alkyl halides is 2. The van der Waals surface area contributed by atoms with Crippen LogP contribution in [0.2, 0.25) is 0 Å². The molecule has 3 heterocycles. The van der Waals surface area contributed by atoms with Crippen molar-refractivity contribution in [2.45, 2.75) is 13.0 Å². The molecule has 0 unspecified atom stereocenters. The number of hydrogen-bond donors (Lipinski definition) is 1. The minimum absolute atomic E-state index is 0.0321. The van der Waals surface area contributed by atoms with Gasteiger partial charge in [0.15, 0.2) is 0 Å². The van der Waals surface area contributed by atoms with Gasteiger partial charge in [-0.25, -0.2) is 15.0 Å². The summed E-state index contributed by atoms with van der Waals surface area (Å²) in [5.41, 5.74) is 1.11. The lowest BCUT2D eigenvalue weighted by Gasteiger charge is -2.08. The van der Waals surface area contributed by atoms with Crippen molar-refractivity contribution in [3.05, 3.63) is 60.2 Å². The van der Waals surface area contributed by atoms with E-state index in [-0.39, 0.29) is 24.5 Å². The quantitative estimate of drug-likeness (QED) is 0.561. The molecule has 3 aromatic rings. The first-order chi connectivity index (χ1) is 14.5. The first-order valence-corrected chi connectivity index (χ1v) is 8.66. The Kier molecular flexibility index (Phi) is 6.73. The number of carbonyl (C=O) groups excluding carboxylic acids is 1. The number of methoxy groups -OCH3 is 1. The second-order valence-electron chi connectivity index (χ2n) is 5.88. The third-order valence-corrected chi connectivity index (χ3v) is 3.91. The number of hydrogen-bond acceptors (Lipinski definition) is 7. The third kappa shape index (κ3) is 5.40. The smallest absolute Gasteiger partial charge is 0.388 e. The highest BCUT2D eigenvalue weighted by Gasteiger charge is 2.12. The predicted molar refractivity (Wildman–Crippen MR) is 98.7 cm³/mol. The van der Waals surface area contributed by atoms with Crippen LogP contribution in [0.5, 0.6) is 11.6 Å². The summed E-state index contributed by atoms with van der Waals surface area (Å²) in [6.45, 7) is -2.84. The van der Waals surface area contributed by atoms with Crippen LogP contribution in [0.3, 0.4) is 0 Å². The highest BCUT2D eigenvalue weighted by Crippen LogP contribution is 2.19. The fourth-order valence-electron chi connectivity index (χ4n) is 2.47. The number of aromatic nitrogens is 4. The monoisotopic (exact) mass is 419 g/mol. The van der Waals surface area contributed by atoms with E-state index in [1.807, 2.05) is 0 Å². The molecule has 0 aliphatic carbocycles. The summed E-state index contributed by atoms with van der Waals surface area (Å²) in [6, 6.07) is 4.23. The largest absolute Gasteiger partial charge is 0.495 e. The summed E-state index contributed by atoms with van der Waals surface area (Å²) >= 11 is 0. The summed E-state index contributed by atoms with van der Waals surface area (Å²) in [5.74, 6) is -0.977. The van der Waals surface area contributed by atoms with Crippen LogP contribution in [0.15, 0.2) is 43.0 Å². The van der Waals surface area contributed by atoms with Crippen LogP contribution in [-0.4, -0.2) is 46.1 Å². The molecule has 0 bridgehead atoms. The Hall–Kier alpha value is -3.76. The van der Waals surface area contributed by atoms with E-state index in [2.05, 4.69) is 30.0 Å². The van der Waals surface area contributed by atoms with Crippen LogP contribution in [0.25, 0.3) is 11.3 Å². The van der Waals surface area contributed by atoms with Gasteiger partial charge < -0.3 is 14.8 Å². The van der Waals surface area contributed by atoms with Crippen molar-refractivity contribution in [2.24, 2.45) is 0 Å². The van der Waals surface area contributed by atoms with Crippen LogP contribution < -0.4 is 14.8 Å². The predicted octanol–water partition coefficient (Wildman–Crippen LogP) is 2.66. The van der Waals surface area contributed by atoms with E-state index in [0.29, 0.717) is 22.6 Å². The van der Waals surface area contributed by atoms with Gasteiger partial charge in [0.25, 0.3) is 5.91 Å². The van der Waals surface area contributed by atoms with E-state index in [1.165, 1.54) is 50.1 Å². The molecule has 11 heteroatoms. The molecule has 0 aliphatic heterocycles. The third-order valence-electron chi connectivity index (χ3n) is 3.91. The van der Waals surface area contributed by atoms with Crippen LogP contribution in [-0.2, 0) is 6.42 Å². The topological polar surface area (TPSA) is 99.1 Å². The molecule has 1 N–H and O–H groups in total. The van der Waals surface area contributed by atoms with Gasteiger partial charge >= 0.3 is 6.61 Å². The molecule has 0 saturated heterocycles. The lowest BCUT2D eigenvalue weighted by atomic mass is 10.2. The molecule has 3 rings (SSSR count). The Balaban J connectivity index is 1.63. The first kappa shape index (κ1) is 21.0. The molecule has 0 spiro atoms. The molecule has 0 atom stereocenters. The van der Waals surface area contributed by atoms with E-state index < -0.39 is 18.5 Å². The molecular formula is C19H16F3N5O3. The van der Waals surface area contributed by atoms with Gasteiger partial charge in [0, 0.05) is 29.9 Å². The van der Waals surface area contributed by atoms with Crippen molar-refractivity contribution >= 4 is 5.91 Å². The molecule has 156 valence electrons. The summed E-state index contributed by atoms with van der Waals surface area (Å²) < 4.78 is 47.3. The van der Waals surface area contributed by atoms with Gasteiger partial charge in [-0.15, -0.1) is 0 Å². The number of carbonyl (C=O) groups is 1. The second kappa shape index (κ2) is 9.63. The van der Waals surface area contributed by atoms with Gasteiger partial charge in [-0.05, 0) is 18.6 Å². The van der Waals surface area contributed by atoms with Crippen molar-refractivity contribution in [1.82, 2.24) is 25.3 Å². The van der Waals surface area contributed by atoms with Crippen molar-refractivity contribution < 1.29 is 27.4 Å². The van der Waals surface area contributed by atoms with E-state index in [0.717, 1.165) is 0 Å². The summed E-state index contributed by atoms with van der Waals surface area (Å²) in [6.07, 6.45) is 5.42. The molecule has 0 aliphatic rings. The number of rotatable bonds is 8. The van der Waals surface area contributed by atoms with Crippen LogP contribution in [0.1, 0.15) is 16.1 Å². The van der Waals surface area contributed by atoms with Crippen molar-refractivity contribution in [3.63, 3.8) is 0 Å². The van der Waals surface area contributed by atoms with Gasteiger partial charge in [0.1, 0.15) is 11.4 Å². The maximum atomic E-state index is 13.7. The average Bonchev–Trinajstić information content (AvgIpc) is 2.75. The highest BCUT2D eigenvalue weighted by molar-refractivity contribution is 5.92. The van der Waals surface area contributed by atoms with Crippen LogP contribution in [0.4, 0.5) is 13.2 Å². The Morgan fingerprint density at radius 2 is 2.00 bits per heavy atom. The summed E-state index contributed by atoms with van der Waals surface area (Å²) in [4.78, 5) is 27.8. The molecule has 30 heavy (non-hydrogen) atoms. The van der Waals surface area contributed by atoms with Gasteiger partial charge in [-0.2, -0.15) is 13.2 Å². The molecule has 0 fully saturated rings. The zero-order valence-electron chi connectivity index (χ0n) is 15.7. The molecule has 0 radical (unpaired) electrons. The van der Waals surface area contributed by atoms with Crippen molar-refractivity contribution in [1.29, 1.82) is 0 Å². The fourth-order valence-corrected chi connectivity index (χ4v) is 2.47. The van der Waals surface area contributed by atoms with Gasteiger partial charge in [-0.1, -0.05) is 0 Å². The van der Waals surface area contributed by atoms with Gasteiger partial charge in [0.05, 0.1) is 31.4 Å². The highest BCUT2D eigenvalue weighted by atomic mass is 19.3. The summed E-state index contributed by atoms with van der Waals surface area (Å²) in [5, 5.41) is 2.63. The van der Waals surface area contributed by atoms with Crippen LogP contribution in [0, 0.1) is 5.95 Å². The zero-order chi connectivity index (χ0) is 21.5. The van der Waals surface area contributed by atoms with Crippen molar-refractivity contribution in [3.8, 4) is 22.9 Å². The zero-order valence-corrected chi connectivity index (χ0v) is 15.7. The Morgan fingerprint density at radius 1 is 1.17 bits per heavy atom. The first-order valence-electron chi connectivity index (χ1n) is 8.66. The SMILES string of the molecule is COc1cnc(F)c(CCNC(=O)c2cncc(-c3ccc(OC(F)F)nc3)n2)c1. The summed E-state index contributed by atoms with van der Waals surface area (Å²) in [7, 11) is 1.45. The standard InChI is InChI=1S/C19H16F3N5O3/c1-29-13-6-11(17(20)26-8-13)4-5-24-18(28)15-10-23-9-14(27-15)12-2-3-16(25-7-12)30-19(21)22/h2-3,6-10,19H,4-5H2,1H3,(H,24,28). The fraction of sp³-hybridized carbons (Fsp3) is 0.211. The maximum absolute atomic E-state index is 13.7. The lowest BCUT2D eigenvalue weighted by Crippen LogP contribution is -2.27. The molecular weight excluding hydrogens is 403 g/mol. The number of halogens is 3. The molecule has 0 aromatic carbocycles. The number of amides is 1. The number of ether oxygens (including phenoxy) is 2. The van der Waals surface area contributed by atoms with E-state index in [4.69, 9.17) is 4.74 Å². The van der Waals surface area contributed by atoms with Crippen molar-refractivity contribution in [2.75, 3.05) is 13.7 Å². The average molecular weight is 419 g/mol. The minimum Gasteiger partial charge on any atom is -0.495 e. The van der Waals surface area contributed by atoms with E-state index >= 15 is 0 Å². The van der Waals surface area contributed by atoms with Gasteiger partial charge in [0.2, 0.25) is 11.8 Å². The van der Waals surface area contributed by atoms with E-state index in [1.54, 1.807) is 0 Å². The Labute approximate surface area is 169 Å². The number of nitrogens with one attached hydrogen (secondary N) is 1. The number of nitrogens with zero attached hydrogens (tertiary/aromatic N) is 4. The molecule has 3 aromatic heterocycles. The second-order valence-corrected chi connectivity index (χ2v) is 5.88. The minimum atomic E-state index is -2.98. The Bertz CT molecular complexity index is 1020. The Morgan fingerprint density at radius 3 is 2.70 bits per heavy atom. The molecule has 8 nitrogen and oxygen atoms in total. The molecule has 0 saturated carbocycles. The number of pyridine rings is 2. The molecule has 1 amide bonds. The van der Waals surface area contributed by atoms with Crippen LogP contribution >= 0.6 is 0 Å². The maximum Gasteiger partial charge on any atom is 0.388 e. The van der Waals surface area contributed by atoms with E-state index in [9.17, 15) is 18.0 Å². The van der Waals surface area contributed by atoms with Gasteiger partial charge in [-0.3, -0.25) is 9.78 Å².